The normalized spacial score (nSPS) is 32.5. The third-order valence-corrected chi connectivity index (χ3v) is 4.92. The number of aromatic hydroxyl groups is 1. The van der Waals surface area contributed by atoms with E-state index < -0.39 is 0 Å². The molecule has 2 saturated heterocycles. The summed E-state index contributed by atoms with van der Waals surface area (Å²) in [6, 6.07) is 4.73. The first-order valence-corrected chi connectivity index (χ1v) is 7.03. The van der Waals surface area contributed by atoms with Gasteiger partial charge in [0, 0.05) is 24.2 Å². The first-order chi connectivity index (χ1) is 9.08. The van der Waals surface area contributed by atoms with Gasteiger partial charge in [-0.3, -0.25) is 4.90 Å². The molecule has 2 fully saturated rings. The van der Waals surface area contributed by atoms with Crippen molar-refractivity contribution in [3.63, 3.8) is 0 Å². The standard InChI is InChI=1S/C15H21FN2O/c1-9(13-5-12(16)3-4-15(13)19)18-8-11-6-17-7-14(11)10(18)2/h3-5,9-11,14,17,19H,6-8H2,1-2H3. The van der Waals surface area contributed by atoms with Gasteiger partial charge in [-0.1, -0.05) is 0 Å². The lowest BCUT2D eigenvalue weighted by Gasteiger charge is -2.31. The first-order valence-electron chi connectivity index (χ1n) is 7.03. The molecule has 3 nitrogen and oxygen atoms in total. The topological polar surface area (TPSA) is 35.5 Å². The lowest BCUT2D eigenvalue weighted by Crippen LogP contribution is -2.35. The molecule has 0 bridgehead atoms. The van der Waals surface area contributed by atoms with E-state index in [9.17, 15) is 9.50 Å². The summed E-state index contributed by atoms with van der Waals surface area (Å²) in [4.78, 5) is 2.39. The molecule has 0 saturated carbocycles. The molecule has 104 valence electrons. The molecule has 0 radical (unpaired) electrons. The highest BCUT2D eigenvalue weighted by atomic mass is 19.1. The number of nitrogens with zero attached hydrogens (tertiary/aromatic N) is 1. The van der Waals surface area contributed by atoms with Gasteiger partial charge >= 0.3 is 0 Å². The third kappa shape index (κ3) is 2.13. The van der Waals surface area contributed by atoms with Gasteiger partial charge in [-0.15, -0.1) is 0 Å². The zero-order valence-electron chi connectivity index (χ0n) is 11.4. The molecule has 0 aromatic heterocycles. The van der Waals surface area contributed by atoms with E-state index in [0.29, 0.717) is 23.4 Å². The van der Waals surface area contributed by atoms with Crippen LogP contribution in [0.5, 0.6) is 5.75 Å². The summed E-state index contributed by atoms with van der Waals surface area (Å²) in [6.07, 6.45) is 0. The van der Waals surface area contributed by atoms with Gasteiger partial charge in [0.1, 0.15) is 11.6 Å². The highest BCUT2D eigenvalue weighted by molar-refractivity contribution is 5.35. The molecule has 3 rings (SSSR count). The summed E-state index contributed by atoms with van der Waals surface area (Å²) in [5, 5.41) is 13.4. The molecule has 4 unspecified atom stereocenters. The molecule has 1 aromatic carbocycles. The highest BCUT2D eigenvalue weighted by Crippen LogP contribution is 2.39. The summed E-state index contributed by atoms with van der Waals surface area (Å²) >= 11 is 0. The van der Waals surface area contributed by atoms with Gasteiger partial charge < -0.3 is 10.4 Å². The van der Waals surface area contributed by atoms with Gasteiger partial charge in [0.15, 0.2) is 0 Å². The van der Waals surface area contributed by atoms with Gasteiger partial charge in [0.2, 0.25) is 0 Å². The van der Waals surface area contributed by atoms with Crippen LogP contribution in [-0.2, 0) is 0 Å². The van der Waals surface area contributed by atoms with Crippen LogP contribution < -0.4 is 5.32 Å². The maximum absolute atomic E-state index is 13.4. The Kier molecular flexibility index (Phi) is 3.23. The summed E-state index contributed by atoms with van der Waals surface area (Å²) < 4.78 is 13.4. The van der Waals surface area contributed by atoms with Crippen LogP contribution >= 0.6 is 0 Å². The van der Waals surface area contributed by atoms with E-state index in [1.54, 1.807) is 0 Å². The SMILES string of the molecule is CC(c1cc(F)ccc1O)N1CC2CNCC2C1C. The average molecular weight is 264 g/mol. The van der Waals surface area contributed by atoms with E-state index in [1.165, 1.54) is 18.2 Å². The summed E-state index contributed by atoms with van der Waals surface area (Å²) in [7, 11) is 0. The number of phenols is 1. The molecule has 0 aliphatic carbocycles. The zero-order valence-corrected chi connectivity index (χ0v) is 11.4. The fourth-order valence-corrected chi connectivity index (χ4v) is 3.75. The molecule has 2 aliphatic rings. The number of likely N-dealkylation sites (tertiary alicyclic amines) is 1. The molecule has 19 heavy (non-hydrogen) atoms. The molecule has 2 N–H and O–H groups in total. The molecule has 4 atom stereocenters. The Labute approximate surface area is 113 Å². The summed E-state index contributed by atoms with van der Waals surface area (Å²) in [5.41, 5.74) is 0.694. The largest absolute Gasteiger partial charge is 0.508 e. The fraction of sp³-hybridized carbons (Fsp3) is 0.600. The molecule has 1 aromatic rings. The molecule has 2 heterocycles. The Morgan fingerprint density at radius 2 is 2.21 bits per heavy atom. The Balaban J connectivity index is 1.84. The molecular weight excluding hydrogens is 243 g/mol. The summed E-state index contributed by atoms with van der Waals surface area (Å²) in [6.45, 7) is 7.47. The van der Waals surface area contributed by atoms with Crippen molar-refractivity contribution in [1.29, 1.82) is 0 Å². The molecular formula is C15H21FN2O. The van der Waals surface area contributed by atoms with Crippen molar-refractivity contribution in [1.82, 2.24) is 10.2 Å². The van der Waals surface area contributed by atoms with Crippen LogP contribution in [0.25, 0.3) is 0 Å². The van der Waals surface area contributed by atoms with Crippen molar-refractivity contribution in [2.75, 3.05) is 19.6 Å². The number of hydrogen-bond acceptors (Lipinski definition) is 3. The van der Waals surface area contributed by atoms with E-state index in [2.05, 4.69) is 24.1 Å². The van der Waals surface area contributed by atoms with Gasteiger partial charge in [-0.2, -0.15) is 0 Å². The molecule has 2 aliphatic heterocycles. The van der Waals surface area contributed by atoms with Crippen LogP contribution in [0.2, 0.25) is 0 Å². The molecule has 4 heteroatoms. The first kappa shape index (κ1) is 12.9. The van der Waals surface area contributed by atoms with E-state index in [4.69, 9.17) is 0 Å². The number of nitrogens with one attached hydrogen (secondary N) is 1. The number of fused-ring (bicyclic) bond motifs is 1. The molecule has 0 amide bonds. The average Bonchev–Trinajstić information content (AvgIpc) is 2.95. The van der Waals surface area contributed by atoms with Crippen molar-refractivity contribution < 1.29 is 9.50 Å². The quantitative estimate of drug-likeness (QED) is 0.859. The van der Waals surface area contributed by atoms with Crippen molar-refractivity contribution in [2.24, 2.45) is 11.8 Å². The Morgan fingerprint density at radius 1 is 1.42 bits per heavy atom. The van der Waals surface area contributed by atoms with Crippen LogP contribution in [0.3, 0.4) is 0 Å². The van der Waals surface area contributed by atoms with Crippen LogP contribution in [0.4, 0.5) is 4.39 Å². The Morgan fingerprint density at radius 3 is 2.95 bits per heavy atom. The second-order valence-electron chi connectivity index (χ2n) is 5.90. The van der Waals surface area contributed by atoms with Crippen molar-refractivity contribution >= 4 is 0 Å². The van der Waals surface area contributed by atoms with Gasteiger partial charge in [0.05, 0.1) is 0 Å². The maximum Gasteiger partial charge on any atom is 0.123 e. The van der Waals surface area contributed by atoms with Crippen molar-refractivity contribution in [3.05, 3.63) is 29.6 Å². The van der Waals surface area contributed by atoms with E-state index >= 15 is 0 Å². The minimum absolute atomic E-state index is 0.0521. The lowest BCUT2D eigenvalue weighted by molar-refractivity contribution is 0.179. The maximum atomic E-state index is 13.4. The van der Waals surface area contributed by atoms with Crippen LogP contribution in [-0.4, -0.2) is 35.7 Å². The number of phenolic OH excluding ortho intramolecular Hbond substituents is 1. The minimum atomic E-state index is -0.284. The second-order valence-corrected chi connectivity index (χ2v) is 5.90. The van der Waals surface area contributed by atoms with Crippen molar-refractivity contribution in [2.45, 2.75) is 25.9 Å². The number of halogens is 1. The van der Waals surface area contributed by atoms with Crippen LogP contribution in [0.1, 0.15) is 25.5 Å². The number of hydrogen-bond donors (Lipinski definition) is 2. The van der Waals surface area contributed by atoms with Gasteiger partial charge in [-0.25, -0.2) is 4.39 Å². The van der Waals surface area contributed by atoms with Gasteiger partial charge in [0.25, 0.3) is 0 Å². The van der Waals surface area contributed by atoms with Crippen LogP contribution in [0, 0.1) is 17.7 Å². The molecule has 0 spiro atoms. The smallest absolute Gasteiger partial charge is 0.123 e. The monoisotopic (exact) mass is 264 g/mol. The predicted octanol–water partition coefficient (Wildman–Crippen LogP) is 2.13. The van der Waals surface area contributed by atoms with E-state index in [1.807, 2.05) is 0 Å². The number of rotatable bonds is 2. The summed E-state index contributed by atoms with van der Waals surface area (Å²) in [5.74, 6) is 1.27. The fourth-order valence-electron chi connectivity index (χ4n) is 3.75. The number of benzene rings is 1. The van der Waals surface area contributed by atoms with E-state index in [-0.39, 0.29) is 17.6 Å². The van der Waals surface area contributed by atoms with Crippen molar-refractivity contribution in [3.8, 4) is 5.75 Å². The Hall–Kier alpha value is -1.13. The minimum Gasteiger partial charge on any atom is -0.508 e. The highest BCUT2D eigenvalue weighted by Gasteiger charge is 2.43. The Bertz CT molecular complexity index is 479. The third-order valence-electron chi connectivity index (χ3n) is 4.92. The second kappa shape index (κ2) is 4.76. The zero-order chi connectivity index (χ0) is 13.6. The predicted molar refractivity (Wildman–Crippen MR) is 72.5 cm³/mol. The van der Waals surface area contributed by atoms with Crippen LogP contribution in [0.15, 0.2) is 18.2 Å². The lowest BCUT2D eigenvalue weighted by atomic mass is 9.95. The van der Waals surface area contributed by atoms with E-state index in [0.717, 1.165) is 19.6 Å². The van der Waals surface area contributed by atoms with Gasteiger partial charge in [-0.05, 0) is 57.0 Å².